The van der Waals surface area contributed by atoms with Crippen LogP contribution in [0.2, 0.25) is 0 Å². The summed E-state index contributed by atoms with van der Waals surface area (Å²) in [6, 6.07) is 18.1. The average molecular weight is 580 g/mol. The molecule has 2 heterocycles. The second kappa shape index (κ2) is 11.2. The zero-order valence-electron chi connectivity index (χ0n) is 22.8. The minimum Gasteiger partial charge on any atom is -0.447 e. The molecule has 10 nitrogen and oxygen atoms in total. The van der Waals surface area contributed by atoms with Crippen LogP contribution in [0.4, 0.5) is 31.9 Å². The highest BCUT2D eigenvalue weighted by atomic mass is 32.2. The van der Waals surface area contributed by atoms with Gasteiger partial charge < -0.3 is 20.3 Å². The highest BCUT2D eigenvalue weighted by Gasteiger charge is 2.29. The number of benzene rings is 3. The van der Waals surface area contributed by atoms with Gasteiger partial charge in [0, 0.05) is 30.0 Å². The molecular weight excluding hydrogens is 549 g/mol. The third kappa shape index (κ3) is 6.03. The van der Waals surface area contributed by atoms with Crippen LogP contribution >= 0.6 is 0 Å². The van der Waals surface area contributed by atoms with E-state index in [9.17, 15) is 22.4 Å². The van der Waals surface area contributed by atoms with Gasteiger partial charge in [0.1, 0.15) is 12.4 Å². The zero-order valence-corrected chi connectivity index (χ0v) is 23.7. The number of carbonyl (C=O) groups excluding carboxylic acids is 2. The second-order valence-electron chi connectivity index (χ2n) is 10.0. The number of amides is 2. The Morgan fingerprint density at radius 1 is 1.02 bits per heavy atom. The minimum absolute atomic E-state index is 0.290. The Kier molecular flexibility index (Phi) is 7.70. The summed E-state index contributed by atoms with van der Waals surface area (Å²) in [5.74, 6) is -0.870. The molecule has 12 heteroatoms. The number of halogens is 1. The van der Waals surface area contributed by atoms with Crippen molar-refractivity contribution in [3.8, 4) is 0 Å². The molecule has 1 saturated heterocycles. The summed E-state index contributed by atoms with van der Waals surface area (Å²) in [5, 5.41) is 6.05. The van der Waals surface area contributed by atoms with E-state index in [1.807, 2.05) is 19.0 Å². The maximum Gasteiger partial charge on any atom is 0.414 e. The van der Waals surface area contributed by atoms with Gasteiger partial charge in [0.25, 0.3) is 5.91 Å². The maximum atomic E-state index is 13.9. The summed E-state index contributed by atoms with van der Waals surface area (Å²) in [5.41, 5.74) is 4.10. The van der Waals surface area contributed by atoms with Crippen LogP contribution in [0.1, 0.15) is 11.1 Å². The summed E-state index contributed by atoms with van der Waals surface area (Å²) in [4.78, 5) is 28.6. The van der Waals surface area contributed by atoms with Crippen LogP contribution in [0.3, 0.4) is 0 Å². The van der Waals surface area contributed by atoms with Gasteiger partial charge in [-0.2, -0.15) is 0 Å². The van der Waals surface area contributed by atoms with Crippen LogP contribution in [0, 0.1) is 5.82 Å². The topological polar surface area (TPSA) is 111 Å². The lowest BCUT2D eigenvalue weighted by Crippen LogP contribution is -2.35. The molecule has 0 aliphatic carbocycles. The molecule has 0 aromatic heterocycles. The molecule has 41 heavy (non-hydrogen) atoms. The van der Waals surface area contributed by atoms with Gasteiger partial charge in [0.2, 0.25) is 10.0 Å². The molecule has 0 saturated carbocycles. The fourth-order valence-electron chi connectivity index (χ4n) is 4.74. The minimum atomic E-state index is -3.51. The Hall–Kier alpha value is -4.42. The lowest BCUT2D eigenvalue weighted by molar-refractivity contribution is -0.110. The van der Waals surface area contributed by atoms with Crippen LogP contribution in [0.5, 0.6) is 0 Å². The number of likely N-dealkylation sites (N-methyl/N-ethyl adjacent to an activating group) is 1. The molecule has 2 aliphatic rings. The molecular formula is C29H30FN5O5S. The van der Waals surface area contributed by atoms with Gasteiger partial charge in [-0.3, -0.25) is 14.0 Å². The molecule has 2 aliphatic heterocycles. The summed E-state index contributed by atoms with van der Waals surface area (Å²) in [6.07, 6.45) is 0.747. The van der Waals surface area contributed by atoms with Crippen molar-refractivity contribution >= 4 is 56.0 Å². The Bertz CT molecular complexity index is 1620. The Morgan fingerprint density at radius 2 is 1.73 bits per heavy atom. The number of hydrogen-bond acceptors (Lipinski definition) is 7. The third-order valence-electron chi connectivity index (χ3n) is 6.78. The Balaban J connectivity index is 1.53. The van der Waals surface area contributed by atoms with Gasteiger partial charge >= 0.3 is 6.09 Å². The molecule has 0 atom stereocenters. The third-order valence-corrected chi connectivity index (χ3v) is 7.97. The summed E-state index contributed by atoms with van der Waals surface area (Å²) in [6.45, 7) is 1.59. The first-order valence-corrected chi connectivity index (χ1v) is 14.8. The van der Waals surface area contributed by atoms with Gasteiger partial charge in [0.05, 0.1) is 35.4 Å². The van der Waals surface area contributed by atoms with E-state index in [2.05, 4.69) is 10.6 Å². The van der Waals surface area contributed by atoms with Gasteiger partial charge in [-0.1, -0.05) is 12.1 Å². The van der Waals surface area contributed by atoms with E-state index < -0.39 is 27.8 Å². The second-order valence-corrected chi connectivity index (χ2v) is 11.9. The molecule has 0 bridgehead atoms. The van der Waals surface area contributed by atoms with Crippen molar-refractivity contribution in [2.45, 2.75) is 0 Å². The number of sulfonamides is 1. The smallest absolute Gasteiger partial charge is 0.414 e. The van der Waals surface area contributed by atoms with E-state index in [-0.39, 0.29) is 0 Å². The Morgan fingerprint density at radius 3 is 2.34 bits per heavy atom. The number of nitrogens with one attached hydrogen (secondary N) is 2. The SMILES string of the molecule is CN(C)CCN(c1ccc(N/C(=C2\C(=O)Nc3cc(F)ccc32)c2ccc(N3CCOC3=O)cc2)cc1)S(C)(=O)=O. The lowest BCUT2D eigenvalue weighted by Gasteiger charge is -2.24. The van der Waals surface area contributed by atoms with Crippen LogP contribution in [-0.2, 0) is 19.6 Å². The molecule has 0 unspecified atom stereocenters. The van der Waals surface area contributed by atoms with Crippen molar-refractivity contribution in [3.63, 3.8) is 0 Å². The van der Waals surface area contributed by atoms with Crippen LogP contribution in [0.25, 0.3) is 11.3 Å². The molecule has 2 amide bonds. The number of carbonyl (C=O) groups is 2. The Labute approximate surface area is 238 Å². The van der Waals surface area contributed by atoms with Crippen LogP contribution in [-0.4, -0.2) is 71.9 Å². The van der Waals surface area contributed by atoms with Crippen molar-refractivity contribution in [1.82, 2.24) is 4.90 Å². The van der Waals surface area contributed by atoms with Gasteiger partial charge in [-0.15, -0.1) is 0 Å². The lowest BCUT2D eigenvalue weighted by atomic mass is 9.99. The maximum absolute atomic E-state index is 13.9. The van der Waals surface area contributed by atoms with Crippen LogP contribution in [0.15, 0.2) is 66.7 Å². The first-order valence-electron chi connectivity index (χ1n) is 12.9. The fraction of sp³-hybridized carbons (Fsp3) is 0.241. The molecule has 1 fully saturated rings. The van der Waals surface area contributed by atoms with Crippen molar-refractivity contribution in [2.75, 3.05) is 66.4 Å². The van der Waals surface area contributed by atoms with E-state index >= 15 is 0 Å². The normalized spacial score (nSPS) is 16.0. The number of nitrogens with zero attached hydrogens (tertiary/aromatic N) is 3. The largest absolute Gasteiger partial charge is 0.447 e. The van der Waals surface area contributed by atoms with Crippen molar-refractivity contribution in [3.05, 3.63) is 83.7 Å². The number of cyclic esters (lactones) is 1. The van der Waals surface area contributed by atoms with E-state index in [1.165, 1.54) is 27.6 Å². The monoisotopic (exact) mass is 579 g/mol. The zero-order chi connectivity index (χ0) is 29.3. The molecule has 0 spiro atoms. The van der Waals surface area contributed by atoms with E-state index in [0.29, 0.717) is 71.4 Å². The average Bonchev–Trinajstić information content (AvgIpc) is 3.49. The fourth-order valence-corrected chi connectivity index (χ4v) is 5.66. The number of ether oxygens (including phenoxy) is 1. The quantitative estimate of drug-likeness (QED) is 0.368. The van der Waals surface area contributed by atoms with E-state index in [1.54, 1.807) is 54.6 Å². The molecule has 3 aromatic rings. The van der Waals surface area contributed by atoms with Gasteiger partial charge in [-0.25, -0.2) is 17.6 Å². The van der Waals surface area contributed by atoms with Gasteiger partial charge in [0.15, 0.2) is 0 Å². The van der Waals surface area contributed by atoms with Crippen molar-refractivity contribution in [1.29, 1.82) is 0 Å². The number of anilines is 4. The summed E-state index contributed by atoms with van der Waals surface area (Å²) in [7, 11) is 0.237. The first kappa shape index (κ1) is 28.1. The van der Waals surface area contributed by atoms with Crippen molar-refractivity contribution in [2.24, 2.45) is 0 Å². The molecule has 214 valence electrons. The predicted molar refractivity (Wildman–Crippen MR) is 158 cm³/mol. The highest BCUT2D eigenvalue weighted by Crippen LogP contribution is 2.38. The van der Waals surface area contributed by atoms with E-state index in [0.717, 1.165) is 0 Å². The predicted octanol–water partition coefficient (Wildman–Crippen LogP) is 4.04. The first-order chi connectivity index (χ1) is 19.5. The summed E-state index contributed by atoms with van der Waals surface area (Å²) < 4.78 is 45.2. The number of rotatable bonds is 9. The number of fused-ring (bicyclic) bond motifs is 1. The molecule has 0 radical (unpaired) electrons. The van der Waals surface area contributed by atoms with Crippen LogP contribution < -0.4 is 19.8 Å². The molecule has 5 rings (SSSR count). The summed E-state index contributed by atoms with van der Waals surface area (Å²) >= 11 is 0. The number of hydrogen-bond donors (Lipinski definition) is 2. The van der Waals surface area contributed by atoms with Gasteiger partial charge in [-0.05, 0) is 74.3 Å². The standard InChI is InChI=1S/C29H30FN5O5S/c1-33(2)14-15-35(41(3,38)39)23-11-7-21(8-12-23)31-27(26-24-13-6-20(30)18-25(24)32-28(26)36)19-4-9-22(10-5-19)34-16-17-40-29(34)37/h4-13,18,31H,14-17H2,1-3H3,(H,32,36)/b27-26-. The van der Waals surface area contributed by atoms with E-state index in [4.69, 9.17) is 4.74 Å². The molecule has 2 N–H and O–H groups in total. The van der Waals surface area contributed by atoms with Crippen molar-refractivity contribution < 1.29 is 27.1 Å². The molecule has 3 aromatic carbocycles. The highest BCUT2D eigenvalue weighted by molar-refractivity contribution is 7.92.